The number of piperidine rings is 1. The fourth-order valence-corrected chi connectivity index (χ4v) is 3.95. The Morgan fingerprint density at radius 2 is 1.90 bits per heavy atom. The number of rotatable bonds is 5. The Bertz CT molecular complexity index is 372. The molecular weight excluding hydrogens is 282 g/mol. The van der Waals surface area contributed by atoms with Crippen molar-refractivity contribution in [3.05, 3.63) is 0 Å². The van der Waals surface area contributed by atoms with Crippen molar-refractivity contribution in [3.8, 4) is 0 Å². The summed E-state index contributed by atoms with van der Waals surface area (Å²) in [5, 5.41) is 3.11. The van der Waals surface area contributed by atoms with E-state index in [0.717, 1.165) is 44.6 Å². The zero-order chi connectivity index (χ0) is 15.3. The molecular formula is C16H29N3OS. The van der Waals surface area contributed by atoms with Crippen molar-refractivity contribution < 1.29 is 4.79 Å². The number of amides is 1. The number of hydrogen-bond acceptors (Lipinski definition) is 3. The summed E-state index contributed by atoms with van der Waals surface area (Å²) >= 11 is 5.20. The van der Waals surface area contributed by atoms with Gasteiger partial charge in [-0.1, -0.05) is 31.5 Å². The smallest absolute Gasteiger partial charge is 0.233 e. The van der Waals surface area contributed by atoms with Crippen molar-refractivity contribution in [3.63, 3.8) is 0 Å². The lowest BCUT2D eigenvalue weighted by Crippen LogP contribution is -2.50. The van der Waals surface area contributed by atoms with Crippen LogP contribution in [0.15, 0.2) is 0 Å². The van der Waals surface area contributed by atoms with Gasteiger partial charge in [-0.15, -0.1) is 0 Å². The zero-order valence-electron chi connectivity index (χ0n) is 13.2. The van der Waals surface area contributed by atoms with E-state index in [1.807, 2.05) is 0 Å². The summed E-state index contributed by atoms with van der Waals surface area (Å²) in [6, 6.07) is 0. The second-order valence-electron chi connectivity index (χ2n) is 6.80. The largest absolute Gasteiger partial charge is 0.392 e. The minimum Gasteiger partial charge on any atom is -0.392 e. The lowest BCUT2D eigenvalue weighted by atomic mass is 9.73. The molecule has 0 radical (unpaired) electrons. The molecule has 3 N–H and O–H groups in total. The van der Waals surface area contributed by atoms with Crippen LogP contribution in [0.5, 0.6) is 0 Å². The van der Waals surface area contributed by atoms with E-state index in [2.05, 4.69) is 17.3 Å². The van der Waals surface area contributed by atoms with Crippen molar-refractivity contribution in [2.75, 3.05) is 26.7 Å². The molecule has 1 aliphatic heterocycles. The highest BCUT2D eigenvalue weighted by atomic mass is 32.1. The van der Waals surface area contributed by atoms with Crippen molar-refractivity contribution in [2.45, 2.75) is 51.4 Å². The number of thiocarbonyl (C=S) groups is 1. The second kappa shape index (κ2) is 7.54. The van der Waals surface area contributed by atoms with Crippen LogP contribution in [-0.2, 0) is 4.79 Å². The summed E-state index contributed by atoms with van der Waals surface area (Å²) in [4.78, 5) is 15.3. The molecule has 1 heterocycles. The van der Waals surface area contributed by atoms with Crippen LogP contribution in [0.3, 0.4) is 0 Å². The number of likely N-dealkylation sites (tertiary alicyclic amines) is 1. The van der Waals surface area contributed by atoms with Gasteiger partial charge in [-0.05, 0) is 58.2 Å². The third kappa shape index (κ3) is 4.16. The first-order valence-electron chi connectivity index (χ1n) is 8.31. The lowest BCUT2D eigenvalue weighted by Gasteiger charge is -2.35. The van der Waals surface area contributed by atoms with E-state index in [-0.39, 0.29) is 5.91 Å². The first-order chi connectivity index (χ1) is 10.0. The molecule has 1 aliphatic carbocycles. The molecule has 120 valence electrons. The van der Waals surface area contributed by atoms with Crippen LogP contribution in [0.2, 0.25) is 0 Å². The van der Waals surface area contributed by atoms with Gasteiger partial charge in [-0.3, -0.25) is 4.79 Å². The summed E-state index contributed by atoms with van der Waals surface area (Å²) in [6.45, 7) is 3.11. The maximum atomic E-state index is 12.6. The van der Waals surface area contributed by atoms with Gasteiger partial charge >= 0.3 is 0 Å². The molecule has 2 fully saturated rings. The van der Waals surface area contributed by atoms with Gasteiger partial charge in [-0.25, -0.2) is 0 Å². The van der Waals surface area contributed by atoms with Crippen LogP contribution in [0.25, 0.3) is 0 Å². The minimum absolute atomic E-state index is 0.0719. The number of hydrogen-bond donors (Lipinski definition) is 2. The van der Waals surface area contributed by atoms with Crippen molar-refractivity contribution >= 4 is 23.1 Å². The van der Waals surface area contributed by atoms with Gasteiger partial charge in [0.1, 0.15) is 0 Å². The van der Waals surface area contributed by atoms with Gasteiger partial charge in [-0.2, -0.15) is 0 Å². The third-order valence-corrected chi connectivity index (χ3v) is 5.68. The average molecular weight is 311 g/mol. The molecule has 0 aromatic rings. The van der Waals surface area contributed by atoms with E-state index >= 15 is 0 Å². The highest BCUT2D eigenvalue weighted by Crippen LogP contribution is 2.37. The van der Waals surface area contributed by atoms with Gasteiger partial charge in [0.05, 0.1) is 10.4 Å². The summed E-state index contributed by atoms with van der Waals surface area (Å²) in [6.07, 6.45) is 8.50. The summed E-state index contributed by atoms with van der Waals surface area (Å²) < 4.78 is 0. The van der Waals surface area contributed by atoms with Gasteiger partial charge in [0.25, 0.3) is 0 Å². The Kier molecular flexibility index (Phi) is 5.99. The van der Waals surface area contributed by atoms with Crippen molar-refractivity contribution in [1.29, 1.82) is 0 Å². The van der Waals surface area contributed by atoms with Crippen molar-refractivity contribution in [2.24, 2.45) is 17.1 Å². The van der Waals surface area contributed by atoms with Crippen LogP contribution in [0, 0.1) is 11.3 Å². The molecule has 21 heavy (non-hydrogen) atoms. The molecule has 0 aromatic heterocycles. The van der Waals surface area contributed by atoms with Gasteiger partial charge in [0.2, 0.25) is 5.91 Å². The van der Waals surface area contributed by atoms with E-state index in [4.69, 9.17) is 18.0 Å². The van der Waals surface area contributed by atoms with Gasteiger partial charge in [0.15, 0.2) is 0 Å². The Hall–Kier alpha value is -0.680. The molecule has 1 saturated heterocycles. The Morgan fingerprint density at radius 3 is 2.48 bits per heavy atom. The number of nitrogens with two attached hydrogens (primary N) is 1. The Labute approximate surface area is 133 Å². The fraction of sp³-hybridized carbons (Fsp3) is 0.875. The Morgan fingerprint density at radius 1 is 1.29 bits per heavy atom. The monoisotopic (exact) mass is 311 g/mol. The highest BCUT2D eigenvalue weighted by molar-refractivity contribution is 7.80. The molecule has 1 amide bonds. The lowest BCUT2D eigenvalue weighted by molar-refractivity contribution is -0.128. The van der Waals surface area contributed by atoms with E-state index in [1.54, 1.807) is 0 Å². The molecule has 5 heteroatoms. The topological polar surface area (TPSA) is 58.4 Å². The fourth-order valence-electron chi connectivity index (χ4n) is 3.65. The van der Waals surface area contributed by atoms with Crippen LogP contribution in [0.1, 0.15) is 51.4 Å². The van der Waals surface area contributed by atoms with Crippen LogP contribution >= 0.6 is 12.2 Å². The predicted octanol–water partition coefficient (Wildman–Crippen LogP) is 2.07. The molecule has 0 bridgehead atoms. The number of nitrogens with one attached hydrogen (secondary N) is 1. The first-order valence-corrected chi connectivity index (χ1v) is 8.72. The van der Waals surface area contributed by atoms with E-state index < -0.39 is 5.41 Å². The minimum atomic E-state index is -0.569. The summed E-state index contributed by atoms with van der Waals surface area (Å²) in [5.74, 6) is 0.816. The third-order valence-electron chi connectivity index (χ3n) is 5.29. The maximum absolute atomic E-state index is 12.6. The molecule has 1 saturated carbocycles. The van der Waals surface area contributed by atoms with Crippen LogP contribution < -0.4 is 11.1 Å². The van der Waals surface area contributed by atoms with Gasteiger partial charge < -0.3 is 16.0 Å². The molecule has 4 nitrogen and oxygen atoms in total. The summed E-state index contributed by atoms with van der Waals surface area (Å²) in [5.41, 5.74) is 5.33. The number of carbonyl (C=O) groups is 1. The second-order valence-corrected chi connectivity index (χ2v) is 7.24. The average Bonchev–Trinajstić information content (AvgIpc) is 2.49. The number of nitrogens with zero attached hydrogens (tertiary/aromatic N) is 1. The standard InChI is InChI=1S/C16H29N3OS/c1-19-11-6-13(7-12-19)5-10-18-15(20)16(14(17)21)8-3-2-4-9-16/h13H,2-12H2,1H3,(H2,17,21)(H,18,20). The quantitative estimate of drug-likeness (QED) is 0.763. The molecule has 0 unspecified atom stereocenters. The summed E-state index contributed by atoms with van der Waals surface area (Å²) in [7, 11) is 2.17. The van der Waals surface area contributed by atoms with Gasteiger partial charge in [0, 0.05) is 6.54 Å². The Balaban J connectivity index is 1.78. The van der Waals surface area contributed by atoms with E-state index in [9.17, 15) is 4.79 Å². The molecule has 0 atom stereocenters. The predicted molar refractivity (Wildman–Crippen MR) is 90.2 cm³/mol. The molecule has 0 aromatic carbocycles. The normalized spacial score (nSPS) is 23.7. The maximum Gasteiger partial charge on any atom is 0.233 e. The zero-order valence-corrected chi connectivity index (χ0v) is 14.0. The number of carbonyl (C=O) groups excluding carboxylic acids is 1. The molecule has 2 aliphatic rings. The van der Waals surface area contributed by atoms with E-state index in [0.29, 0.717) is 4.99 Å². The van der Waals surface area contributed by atoms with Crippen molar-refractivity contribution in [1.82, 2.24) is 10.2 Å². The van der Waals surface area contributed by atoms with Crippen LogP contribution in [0.4, 0.5) is 0 Å². The van der Waals surface area contributed by atoms with E-state index in [1.165, 1.54) is 32.4 Å². The highest BCUT2D eigenvalue weighted by Gasteiger charge is 2.42. The SMILES string of the molecule is CN1CCC(CCNC(=O)C2(C(N)=S)CCCCC2)CC1. The molecule has 0 spiro atoms. The molecule has 2 rings (SSSR count). The first kappa shape index (κ1) is 16.7. The van der Waals surface area contributed by atoms with Crippen LogP contribution in [-0.4, -0.2) is 42.5 Å².